The second-order valence-electron chi connectivity index (χ2n) is 5.13. The van der Waals surface area contributed by atoms with Gasteiger partial charge in [-0.1, -0.05) is 35.9 Å². The zero-order valence-corrected chi connectivity index (χ0v) is 13.7. The van der Waals surface area contributed by atoms with E-state index in [1.807, 2.05) is 18.2 Å². The maximum absolute atomic E-state index is 12.9. The average Bonchev–Trinajstić information content (AvgIpc) is 3.03. The number of nitrogens with zero attached hydrogens (tertiary/aromatic N) is 1. The van der Waals surface area contributed by atoms with Gasteiger partial charge >= 0.3 is 5.97 Å². The number of carboxylic acid groups (broad SMARTS) is 1. The third-order valence-electron chi connectivity index (χ3n) is 3.67. The van der Waals surface area contributed by atoms with Gasteiger partial charge in [0.05, 0.1) is 11.1 Å². The summed E-state index contributed by atoms with van der Waals surface area (Å²) in [5.41, 5.74) is 1.19. The average molecular weight is 348 g/mol. The lowest BCUT2D eigenvalue weighted by molar-refractivity contribution is 0.0676. The largest absolute Gasteiger partial charge is 0.478 e. The lowest BCUT2D eigenvalue weighted by atomic mass is 10.1. The summed E-state index contributed by atoms with van der Waals surface area (Å²) in [6.07, 6.45) is 0. The summed E-state index contributed by atoms with van der Waals surface area (Å²) in [5, 5.41) is 9.75. The molecule has 118 valence electrons. The van der Waals surface area contributed by atoms with Crippen molar-refractivity contribution in [1.82, 2.24) is 4.90 Å². The van der Waals surface area contributed by atoms with Crippen molar-refractivity contribution in [3.8, 4) is 0 Å². The quantitative estimate of drug-likeness (QED) is 0.914. The van der Waals surface area contributed by atoms with E-state index < -0.39 is 5.97 Å². The van der Waals surface area contributed by atoms with Crippen LogP contribution in [0, 0.1) is 0 Å². The monoisotopic (exact) mass is 347 g/mol. The van der Waals surface area contributed by atoms with Crippen LogP contribution in [-0.2, 0) is 0 Å². The molecule has 1 heterocycles. The number of carboxylic acids is 1. The number of amides is 1. The molecule has 0 spiro atoms. The van der Waals surface area contributed by atoms with E-state index in [0.29, 0.717) is 11.6 Å². The number of thioether (sulfide) groups is 1. The minimum absolute atomic E-state index is 0.0271. The lowest BCUT2D eigenvalue weighted by Crippen LogP contribution is -2.31. The van der Waals surface area contributed by atoms with Gasteiger partial charge in [0.25, 0.3) is 5.91 Å². The number of rotatable bonds is 3. The molecule has 3 rings (SSSR count). The van der Waals surface area contributed by atoms with E-state index >= 15 is 0 Å². The van der Waals surface area contributed by atoms with Crippen LogP contribution < -0.4 is 0 Å². The molecule has 1 aliphatic heterocycles. The maximum atomic E-state index is 12.9. The molecule has 2 aromatic carbocycles. The third kappa shape index (κ3) is 3.21. The molecule has 1 atom stereocenters. The highest BCUT2D eigenvalue weighted by molar-refractivity contribution is 7.99. The van der Waals surface area contributed by atoms with Crippen LogP contribution in [0.25, 0.3) is 0 Å². The third-order valence-corrected chi connectivity index (χ3v) is 5.17. The van der Waals surface area contributed by atoms with Crippen LogP contribution in [0.5, 0.6) is 0 Å². The highest BCUT2D eigenvalue weighted by atomic mass is 35.5. The van der Waals surface area contributed by atoms with Crippen molar-refractivity contribution < 1.29 is 14.7 Å². The summed E-state index contributed by atoms with van der Waals surface area (Å²) in [6, 6.07) is 13.7. The summed E-state index contributed by atoms with van der Waals surface area (Å²) in [5.74, 6) is -0.559. The zero-order valence-electron chi connectivity index (χ0n) is 12.1. The molecule has 0 radical (unpaired) electrons. The van der Waals surface area contributed by atoms with Crippen molar-refractivity contribution in [2.75, 3.05) is 12.3 Å². The Balaban J connectivity index is 1.94. The normalized spacial score (nSPS) is 17.3. The molecule has 0 aromatic heterocycles. The fourth-order valence-electron chi connectivity index (χ4n) is 2.63. The maximum Gasteiger partial charge on any atom is 0.336 e. The molecular weight excluding hydrogens is 334 g/mol. The summed E-state index contributed by atoms with van der Waals surface area (Å²) in [4.78, 5) is 25.9. The van der Waals surface area contributed by atoms with Crippen molar-refractivity contribution in [2.45, 2.75) is 5.37 Å². The van der Waals surface area contributed by atoms with Crippen LogP contribution in [0.15, 0.2) is 48.5 Å². The van der Waals surface area contributed by atoms with Crippen LogP contribution in [0.1, 0.15) is 31.7 Å². The Morgan fingerprint density at radius 2 is 1.87 bits per heavy atom. The molecular formula is C17H14ClNO3S. The number of hydrogen-bond acceptors (Lipinski definition) is 3. The number of hydrogen-bond donors (Lipinski definition) is 1. The van der Waals surface area contributed by atoms with Crippen molar-refractivity contribution in [3.05, 3.63) is 70.2 Å². The van der Waals surface area contributed by atoms with Crippen LogP contribution in [0.3, 0.4) is 0 Å². The topological polar surface area (TPSA) is 57.6 Å². The van der Waals surface area contributed by atoms with Gasteiger partial charge in [0, 0.05) is 17.3 Å². The van der Waals surface area contributed by atoms with E-state index in [0.717, 1.165) is 11.3 Å². The van der Waals surface area contributed by atoms with Gasteiger partial charge in [0.1, 0.15) is 5.37 Å². The van der Waals surface area contributed by atoms with E-state index in [1.54, 1.807) is 40.9 Å². The first-order chi connectivity index (χ1) is 11.1. The second-order valence-corrected chi connectivity index (χ2v) is 6.75. The van der Waals surface area contributed by atoms with Crippen LogP contribution in [0.4, 0.5) is 0 Å². The molecule has 23 heavy (non-hydrogen) atoms. The molecule has 0 saturated carbocycles. The SMILES string of the molecule is O=C(O)c1ccccc1C(=O)N1CCSC1c1cccc(Cl)c1. The molecule has 4 nitrogen and oxygen atoms in total. The van der Waals surface area contributed by atoms with Gasteiger partial charge in [0.2, 0.25) is 0 Å². The lowest BCUT2D eigenvalue weighted by Gasteiger charge is -2.25. The standard InChI is InChI=1S/C17H14ClNO3S/c18-12-5-3-4-11(10-12)16-19(8-9-23-16)15(20)13-6-1-2-7-14(13)17(21)22/h1-7,10,16H,8-9H2,(H,21,22). The molecule has 1 saturated heterocycles. The second kappa shape index (κ2) is 6.64. The molecule has 1 aliphatic rings. The Hall–Kier alpha value is -1.98. The molecule has 1 N–H and O–H groups in total. The molecule has 1 amide bonds. The van der Waals surface area contributed by atoms with E-state index in [1.165, 1.54) is 6.07 Å². The smallest absolute Gasteiger partial charge is 0.336 e. The van der Waals surface area contributed by atoms with Crippen molar-refractivity contribution >= 4 is 35.2 Å². The van der Waals surface area contributed by atoms with Gasteiger partial charge in [-0.25, -0.2) is 4.79 Å². The van der Waals surface area contributed by atoms with E-state index in [2.05, 4.69) is 0 Å². The number of benzene rings is 2. The van der Waals surface area contributed by atoms with Crippen molar-refractivity contribution in [1.29, 1.82) is 0 Å². The van der Waals surface area contributed by atoms with Gasteiger partial charge in [-0.2, -0.15) is 0 Å². The summed E-state index contributed by atoms with van der Waals surface area (Å²) < 4.78 is 0. The highest BCUT2D eigenvalue weighted by Crippen LogP contribution is 2.39. The summed E-state index contributed by atoms with van der Waals surface area (Å²) in [6.45, 7) is 0.578. The first-order valence-corrected chi connectivity index (χ1v) is 8.51. The van der Waals surface area contributed by atoms with Gasteiger partial charge < -0.3 is 10.0 Å². The Kier molecular flexibility index (Phi) is 4.59. The minimum Gasteiger partial charge on any atom is -0.478 e. The van der Waals surface area contributed by atoms with Gasteiger partial charge in [0.15, 0.2) is 0 Å². The van der Waals surface area contributed by atoms with Crippen molar-refractivity contribution in [2.24, 2.45) is 0 Å². The first-order valence-electron chi connectivity index (χ1n) is 7.08. The van der Waals surface area contributed by atoms with Gasteiger partial charge in [-0.3, -0.25) is 4.79 Å². The zero-order chi connectivity index (χ0) is 16.4. The summed E-state index contributed by atoms with van der Waals surface area (Å²) in [7, 11) is 0. The van der Waals surface area contributed by atoms with Crippen LogP contribution >= 0.6 is 23.4 Å². The van der Waals surface area contributed by atoms with Crippen molar-refractivity contribution in [3.63, 3.8) is 0 Å². The first kappa shape index (κ1) is 15.9. The Labute approximate surface area is 143 Å². The Morgan fingerprint density at radius 1 is 1.13 bits per heavy atom. The fraction of sp³-hybridized carbons (Fsp3) is 0.176. The fourth-order valence-corrected chi connectivity index (χ4v) is 4.07. The molecule has 1 fully saturated rings. The number of carbonyl (C=O) groups excluding carboxylic acids is 1. The Bertz CT molecular complexity index is 765. The predicted molar refractivity (Wildman–Crippen MR) is 91.1 cm³/mol. The molecule has 1 unspecified atom stereocenters. The molecule has 6 heteroatoms. The molecule has 0 aliphatic carbocycles. The summed E-state index contributed by atoms with van der Waals surface area (Å²) >= 11 is 7.69. The van der Waals surface area contributed by atoms with E-state index in [4.69, 9.17) is 11.6 Å². The van der Waals surface area contributed by atoms with Crippen LogP contribution in [-0.4, -0.2) is 34.2 Å². The van der Waals surface area contributed by atoms with Gasteiger partial charge in [-0.15, -0.1) is 11.8 Å². The van der Waals surface area contributed by atoms with E-state index in [-0.39, 0.29) is 22.4 Å². The van der Waals surface area contributed by atoms with E-state index in [9.17, 15) is 14.7 Å². The minimum atomic E-state index is -1.10. The predicted octanol–water partition coefficient (Wildman–Crippen LogP) is 3.93. The number of aromatic carboxylic acids is 1. The molecule has 0 bridgehead atoms. The number of carbonyl (C=O) groups is 2. The van der Waals surface area contributed by atoms with Crippen LogP contribution in [0.2, 0.25) is 5.02 Å². The Morgan fingerprint density at radius 3 is 2.57 bits per heavy atom. The number of halogens is 1. The molecule has 2 aromatic rings. The van der Waals surface area contributed by atoms with Gasteiger partial charge in [-0.05, 0) is 29.8 Å². The highest BCUT2D eigenvalue weighted by Gasteiger charge is 2.32.